The Kier molecular flexibility index (Phi) is 6.74. The average Bonchev–Trinajstić information content (AvgIpc) is 3.40. The highest BCUT2D eigenvalue weighted by atomic mass is 35.5. The molecule has 0 spiro atoms. The minimum absolute atomic E-state index is 0.0924. The first-order valence-corrected chi connectivity index (χ1v) is 13.9. The first-order chi connectivity index (χ1) is 17.8. The highest BCUT2D eigenvalue weighted by molar-refractivity contribution is 7.84. The summed E-state index contributed by atoms with van der Waals surface area (Å²) in [6, 6.07) is 7.59. The number of alkyl halides is 2. The molecule has 0 bridgehead atoms. The summed E-state index contributed by atoms with van der Waals surface area (Å²) in [6.07, 6.45) is -1.17. The smallest absolute Gasteiger partial charge is 0.395 e. The van der Waals surface area contributed by atoms with E-state index in [1.165, 1.54) is 36.5 Å². The molecule has 3 aromatic rings. The van der Waals surface area contributed by atoms with Crippen LogP contribution in [0.4, 0.5) is 18.3 Å². The summed E-state index contributed by atoms with van der Waals surface area (Å²) in [6.45, 7) is 5.43. The fraction of sp³-hybridized carbons (Fsp3) is 0.360. The van der Waals surface area contributed by atoms with Crippen molar-refractivity contribution in [3.05, 3.63) is 69.4 Å². The highest BCUT2D eigenvalue weighted by Gasteiger charge is 2.53. The van der Waals surface area contributed by atoms with Crippen molar-refractivity contribution >= 4 is 45.0 Å². The molecule has 0 unspecified atom stereocenters. The largest absolute Gasteiger partial charge is 0.586 e. The lowest BCUT2D eigenvalue weighted by Crippen LogP contribution is -2.36. The van der Waals surface area contributed by atoms with E-state index in [1.54, 1.807) is 6.07 Å². The molecule has 0 radical (unpaired) electrons. The van der Waals surface area contributed by atoms with Gasteiger partial charge in [0.15, 0.2) is 16.6 Å². The van der Waals surface area contributed by atoms with E-state index in [0.717, 1.165) is 11.3 Å². The Hall–Kier alpha value is -2.67. The number of hydrogen-bond donors (Lipinski definition) is 2. The van der Waals surface area contributed by atoms with Gasteiger partial charge in [0.1, 0.15) is 5.82 Å². The molecule has 1 saturated carbocycles. The van der Waals surface area contributed by atoms with Gasteiger partial charge in [-0.3, -0.25) is 4.79 Å². The lowest BCUT2D eigenvalue weighted by molar-refractivity contribution is -0.286. The molecule has 1 aromatic heterocycles. The number of aromatic nitrogens is 1. The van der Waals surface area contributed by atoms with Crippen molar-refractivity contribution in [3.8, 4) is 11.5 Å². The zero-order chi connectivity index (χ0) is 27.5. The maximum Gasteiger partial charge on any atom is 0.586 e. The SMILES string of the molecule is CC(C)(C)[S@@](=O)N[C@@H](c1cnc(NC(=O)C2(c3ccc4c(c3)OC(F)(F)O4)CC2)s1)c1ccc(F)cc1Cl. The Morgan fingerprint density at radius 1 is 1.16 bits per heavy atom. The monoisotopic (exact) mass is 585 g/mol. The Labute approximate surface area is 228 Å². The number of hydrogen-bond acceptors (Lipinski definition) is 6. The van der Waals surface area contributed by atoms with Crippen molar-refractivity contribution in [1.82, 2.24) is 9.71 Å². The number of carbonyl (C=O) groups excluding carboxylic acids is 1. The number of thiazole rings is 1. The lowest BCUT2D eigenvalue weighted by Gasteiger charge is -2.24. The highest BCUT2D eigenvalue weighted by Crippen LogP contribution is 2.52. The molecule has 2 N–H and O–H groups in total. The number of halogens is 4. The van der Waals surface area contributed by atoms with Crippen molar-refractivity contribution in [3.63, 3.8) is 0 Å². The van der Waals surface area contributed by atoms with Crippen LogP contribution in [0.5, 0.6) is 11.5 Å². The fourth-order valence-corrected chi connectivity index (χ4v) is 6.06. The summed E-state index contributed by atoms with van der Waals surface area (Å²) >= 11 is 7.48. The third-order valence-corrected chi connectivity index (χ3v) is 9.09. The van der Waals surface area contributed by atoms with Crippen LogP contribution >= 0.6 is 22.9 Å². The van der Waals surface area contributed by atoms with Crippen molar-refractivity contribution in [2.45, 2.75) is 56.1 Å². The van der Waals surface area contributed by atoms with E-state index in [4.69, 9.17) is 11.6 Å². The normalized spacial score (nSPS) is 18.6. The molecule has 2 atom stereocenters. The van der Waals surface area contributed by atoms with Crippen molar-refractivity contribution in [2.24, 2.45) is 0 Å². The van der Waals surface area contributed by atoms with Gasteiger partial charge < -0.3 is 14.8 Å². The summed E-state index contributed by atoms with van der Waals surface area (Å²) in [5.41, 5.74) is 0.126. The second-order valence-corrected chi connectivity index (χ2v) is 13.5. The molecular formula is C25H23ClF3N3O4S2. The maximum atomic E-state index is 13.7. The number of ether oxygens (including phenoxy) is 2. The van der Waals surface area contributed by atoms with Gasteiger partial charge in [-0.25, -0.2) is 18.3 Å². The summed E-state index contributed by atoms with van der Waals surface area (Å²) in [5.74, 6) is -1.06. The molecule has 2 aliphatic rings. The molecule has 2 heterocycles. The molecule has 38 heavy (non-hydrogen) atoms. The molecule has 5 rings (SSSR count). The van der Waals surface area contributed by atoms with Crippen LogP contribution in [-0.2, 0) is 21.2 Å². The first-order valence-electron chi connectivity index (χ1n) is 11.6. The molecule has 0 saturated heterocycles. The summed E-state index contributed by atoms with van der Waals surface area (Å²) in [5, 5.41) is 3.25. The summed E-state index contributed by atoms with van der Waals surface area (Å²) < 4.78 is 64.9. The quantitative estimate of drug-likeness (QED) is 0.351. The van der Waals surface area contributed by atoms with Crippen molar-refractivity contribution in [2.75, 3.05) is 5.32 Å². The second-order valence-electron chi connectivity index (χ2n) is 10.0. The molecule has 2 aromatic carbocycles. The predicted octanol–water partition coefficient (Wildman–Crippen LogP) is 6.07. The number of benzene rings is 2. The molecule has 1 fully saturated rings. The molecule has 1 aliphatic carbocycles. The minimum atomic E-state index is -3.74. The predicted molar refractivity (Wildman–Crippen MR) is 139 cm³/mol. The Morgan fingerprint density at radius 2 is 1.87 bits per heavy atom. The summed E-state index contributed by atoms with van der Waals surface area (Å²) in [7, 11) is -1.50. The van der Waals surface area contributed by atoms with Gasteiger partial charge in [0, 0.05) is 16.1 Å². The zero-order valence-corrected chi connectivity index (χ0v) is 22.8. The zero-order valence-electron chi connectivity index (χ0n) is 20.4. The van der Waals surface area contributed by atoms with Crippen molar-refractivity contribution in [1.29, 1.82) is 0 Å². The van der Waals surface area contributed by atoms with E-state index in [0.29, 0.717) is 28.8 Å². The molecular weight excluding hydrogens is 563 g/mol. The number of nitrogens with zero attached hydrogens (tertiary/aromatic N) is 1. The molecule has 1 aliphatic heterocycles. The van der Waals surface area contributed by atoms with Crippen LogP contribution in [0.25, 0.3) is 0 Å². The van der Waals surface area contributed by atoms with Crippen LogP contribution in [0.15, 0.2) is 42.6 Å². The van der Waals surface area contributed by atoms with Gasteiger partial charge in [0.05, 0.1) is 27.2 Å². The van der Waals surface area contributed by atoms with Crippen LogP contribution in [0.3, 0.4) is 0 Å². The third kappa shape index (κ3) is 5.27. The van der Waals surface area contributed by atoms with E-state index in [-0.39, 0.29) is 27.6 Å². The fourth-order valence-electron chi connectivity index (χ4n) is 4.01. The van der Waals surface area contributed by atoms with E-state index in [9.17, 15) is 22.2 Å². The number of carbonyl (C=O) groups is 1. The van der Waals surface area contributed by atoms with Crippen LogP contribution in [0.2, 0.25) is 5.02 Å². The van der Waals surface area contributed by atoms with E-state index in [1.807, 2.05) is 20.8 Å². The number of amides is 1. The lowest BCUT2D eigenvalue weighted by atomic mass is 9.94. The van der Waals surface area contributed by atoms with E-state index < -0.39 is 39.3 Å². The standard InChI is InChI=1S/C25H23ClF3N3O4S2/c1-23(2,3)38(34)32-20(15-6-5-14(27)11-16(15)26)19-12-30-22(37-19)31-21(33)24(8-9-24)13-4-7-17-18(10-13)36-25(28,29)35-17/h4-7,10-12,20,32H,8-9H2,1-3H3,(H,30,31,33)/t20-,38-/m1/s1. The van der Waals surface area contributed by atoms with E-state index >= 15 is 0 Å². The molecule has 13 heteroatoms. The van der Waals surface area contributed by atoms with Gasteiger partial charge >= 0.3 is 6.29 Å². The maximum absolute atomic E-state index is 13.7. The molecule has 202 valence electrons. The molecule has 1 amide bonds. The van der Waals surface area contributed by atoms with Gasteiger partial charge in [-0.05, 0) is 69.0 Å². The summed E-state index contributed by atoms with van der Waals surface area (Å²) in [4.78, 5) is 18.2. The van der Waals surface area contributed by atoms with Crippen LogP contribution in [-0.4, -0.2) is 26.1 Å². The van der Waals surface area contributed by atoms with Gasteiger partial charge in [-0.2, -0.15) is 0 Å². The topological polar surface area (TPSA) is 89.6 Å². The van der Waals surface area contributed by atoms with Gasteiger partial charge in [0.2, 0.25) is 5.91 Å². The first kappa shape index (κ1) is 26.9. The number of anilines is 1. The van der Waals surface area contributed by atoms with Crippen LogP contribution in [0, 0.1) is 5.82 Å². The Bertz CT molecular complexity index is 1440. The number of nitrogens with one attached hydrogen (secondary N) is 2. The van der Waals surface area contributed by atoms with Crippen LogP contribution in [0.1, 0.15) is 55.7 Å². The van der Waals surface area contributed by atoms with Gasteiger partial charge in [-0.15, -0.1) is 8.78 Å². The van der Waals surface area contributed by atoms with Crippen LogP contribution < -0.4 is 19.5 Å². The van der Waals surface area contributed by atoms with Crippen molar-refractivity contribution < 1.29 is 31.6 Å². The number of fused-ring (bicyclic) bond motifs is 1. The number of rotatable bonds is 7. The second kappa shape index (κ2) is 9.51. The Morgan fingerprint density at radius 3 is 2.53 bits per heavy atom. The van der Waals surface area contributed by atoms with Gasteiger partial charge in [0.25, 0.3) is 0 Å². The minimum Gasteiger partial charge on any atom is -0.395 e. The van der Waals surface area contributed by atoms with Gasteiger partial charge in [-0.1, -0.05) is 35.1 Å². The average molecular weight is 586 g/mol. The third-order valence-electron chi connectivity index (χ3n) is 6.22. The molecule has 7 nitrogen and oxygen atoms in total. The van der Waals surface area contributed by atoms with E-state index in [2.05, 4.69) is 24.5 Å². The Balaban J connectivity index is 1.38.